The molecule has 6 atom stereocenters. The van der Waals surface area contributed by atoms with E-state index in [1.165, 1.54) is 9.80 Å². The Morgan fingerprint density at radius 2 is 1.06 bits per heavy atom. The van der Waals surface area contributed by atoms with Gasteiger partial charge in [-0.3, -0.25) is 9.80 Å². The molecule has 0 aromatic carbocycles. The second-order valence-corrected chi connectivity index (χ2v) is 5.21. The summed E-state index contributed by atoms with van der Waals surface area (Å²) >= 11 is 12.6. The SMILES string of the molecule is CN1C(Cl)[NH+](C)C2C1[NH+](C)C(Cl)N2C.[Cl-].[Cl-]. The van der Waals surface area contributed by atoms with Crippen LogP contribution < -0.4 is 34.6 Å². The summed E-state index contributed by atoms with van der Waals surface area (Å²) in [5.74, 6) is 0. The number of hydrogen-bond acceptors (Lipinski definition) is 2. The first-order valence-corrected chi connectivity index (χ1v) is 5.72. The topological polar surface area (TPSA) is 15.4 Å². The number of hydrogen-bond donors (Lipinski definition) is 2. The quantitative estimate of drug-likeness (QED) is 0.341. The first kappa shape index (κ1) is 17.0. The Labute approximate surface area is 119 Å². The molecule has 0 aromatic rings. The minimum absolute atomic E-state index is 0. The van der Waals surface area contributed by atoms with E-state index in [1.54, 1.807) is 0 Å². The van der Waals surface area contributed by atoms with Crippen molar-refractivity contribution >= 4 is 23.2 Å². The first-order chi connectivity index (χ1) is 6.46. The number of likely N-dealkylation sites (N-methyl/N-ethyl adjacent to an activating group) is 4. The van der Waals surface area contributed by atoms with Gasteiger partial charge in [-0.2, -0.15) is 9.80 Å². The van der Waals surface area contributed by atoms with Gasteiger partial charge < -0.3 is 24.8 Å². The highest BCUT2D eigenvalue weighted by Crippen LogP contribution is 2.17. The standard InChI is InChI=1S/C8H16Cl2N4.2ClH/c1-11-5-6(13(3)7(11)9)14(4)8(10)12(5)2;;/h5-8H,1-4H3;2*1H. The second-order valence-electron chi connectivity index (χ2n) is 4.38. The van der Waals surface area contributed by atoms with Gasteiger partial charge in [0.15, 0.2) is 0 Å². The number of halogens is 4. The summed E-state index contributed by atoms with van der Waals surface area (Å²) in [5.41, 5.74) is 0.0955. The van der Waals surface area contributed by atoms with Crippen LogP contribution in [0.15, 0.2) is 0 Å². The number of nitrogens with one attached hydrogen (secondary N) is 2. The first-order valence-electron chi connectivity index (χ1n) is 4.85. The fraction of sp³-hybridized carbons (Fsp3) is 1.00. The molecule has 2 aliphatic rings. The van der Waals surface area contributed by atoms with Crippen LogP contribution in [-0.2, 0) is 0 Å². The van der Waals surface area contributed by atoms with Crippen molar-refractivity contribution in [2.24, 2.45) is 0 Å². The molecule has 2 fully saturated rings. The van der Waals surface area contributed by atoms with E-state index in [-0.39, 0.29) is 36.1 Å². The van der Waals surface area contributed by atoms with Crippen LogP contribution in [0.25, 0.3) is 0 Å². The fourth-order valence-corrected chi connectivity index (χ4v) is 3.29. The van der Waals surface area contributed by atoms with E-state index < -0.39 is 0 Å². The number of nitrogens with zero attached hydrogens (tertiary/aromatic N) is 2. The van der Waals surface area contributed by atoms with E-state index in [2.05, 4.69) is 38.0 Å². The average molecular weight is 312 g/mol. The van der Waals surface area contributed by atoms with Crippen molar-refractivity contribution in [1.82, 2.24) is 9.80 Å². The Hall–Kier alpha value is 1.00. The molecule has 6 unspecified atom stereocenters. The van der Waals surface area contributed by atoms with Gasteiger partial charge in [0.1, 0.15) is 0 Å². The maximum Gasteiger partial charge on any atom is 0.227 e. The van der Waals surface area contributed by atoms with Gasteiger partial charge in [-0.1, -0.05) is 0 Å². The highest BCUT2D eigenvalue weighted by Gasteiger charge is 2.61. The molecule has 0 aromatic heterocycles. The lowest BCUT2D eigenvalue weighted by Gasteiger charge is -2.24. The van der Waals surface area contributed by atoms with E-state index in [9.17, 15) is 0 Å². The van der Waals surface area contributed by atoms with E-state index in [1.807, 2.05) is 0 Å². The lowest BCUT2D eigenvalue weighted by molar-refractivity contribution is -0.934. The van der Waals surface area contributed by atoms with Gasteiger partial charge in [-0.25, -0.2) is 0 Å². The Kier molecular flexibility index (Phi) is 6.12. The van der Waals surface area contributed by atoms with Crippen molar-refractivity contribution in [2.45, 2.75) is 23.6 Å². The predicted molar refractivity (Wildman–Crippen MR) is 56.2 cm³/mol. The van der Waals surface area contributed by atoms with Crippen LogP contribution in [0.1, 0.15) is 0 Å². The largest absolute Gasteiger partial charge is 1.00 e. The number of quaternary nitrogens is 2. The summed E-state index contributed by atoms with van der Waals surface area (Å²) in [7, 11) is 8.38. The van der Waals surface area contributed by atoms with Crippen LogP contribution in [0.4, 0.5) is 0 Å². The Bertz CT molecular complexity index is 200. The summed E-state index contributed by atoms with van der Waals surface area (Å²) in [6.07, 6.45) is 0.787. The molecule has 0 spiro atoms. The van der Waals surface area contributed by atoms with Crippen molar-refractivity contribution < 1.29 is 34.6 Å². The molecule has 2 saturated heterocycles. The van der Waals surface area contributed by atoms with Crippen molar-refractivity contribution in [2.75, 3.05) is 28.2 Å². The average Bonchev–Trinajstić information content (AvgIpc) is 2.51. The Morgan fingerprint density at radius 1 is 0.812 bits per heavy atom. The van der Waals surface area contributed by atoms with Crippen molar-refractivity contribution in [3.63, 3.8) is 0 Å². The monoisotopic (exact) mass is 310 g/mol. The van der Waals surface area contributed by atoms with Gasteiger partial charge in [0.05, 0.1) is 14.1 Å². The summed E-state index contributed by atoms with van der Waals surface area (Å²) in [6, 6.07) is 0. The molecule has 2 heterocycles. The molecule has 2 aliphatic heterocycles. The highest BCUT2D eigenvalue weighted by atomic mass is 35.5. The number of rotatable bonds is 0. The van der Waals surface area contributed by atoms with Crippen LogP contribution in [-0.4, -0.2) is 61.6 Å². The van der Waals surface area contributed by atoms with Crippen LogP contribution in [0.3, 0.4) is 0 Å². The third kappa shape index (κ3) is 2.15. The molecule has 0 amide bonds. The Morgan fingerprint density at radius 3 is 1.31 bits per heavy atom. The van der Waals surface area contributed by atoms with Gasteiger partial charge in [-0.15, -0.1) is 0 Å². The lowest BCUT2D eigenvalue weighted by atomic mass is 10.4. The summed E-state index contributed by atoms with van der Waals surface area (Å²) in [4.78, 5) is 7.03. The van der Waals surface area contributed by atoms with Crippen molar-refractivity contribution in [3.05, 3.63) is 0 Å². The van der Waals surface area contributed by atoms with Gasteiger partial charge >= 0.3 is 0 Å². The minimum Gasteiger partial charge on any atom is -1.00 e. The maximum atomic E-state index is 6.30. The molecular weight excluding hydrogens is 294 g/mol. The smallest absolute Gasteiger partial charge is 0.227 e. The van der Waals surface area contributed by atoms with Crippen LogP contribution in [0, 0.1) is 0 Å². The second kappa shape index (κ2) is 5.76. The molecule has 0 aliphatic carbocycles. The summed E-state index contributed by atoms with van der Waals surface area (Å²) in [5, 5.41) is 0. The summed E-state index contributed by atoms with van der Waals surface area (Å²) in [6.45, 7) is 0. The van der Waals surface area contributed by atoms with Crippen LogP contribution in [0.2, 0.25) is 0 Å². The Balaban J connectivity index is 0.00000112. The molecule has 8 heteroatoms. The zero-order valence-corrected chi connectivity index (χ0v) is 12.7. The molecular formula is C8H18Cl4N4. The van der Waals surface area contributed by atoms with Gasteiger partial charge in [0.25, 0.3) is 0 Å². The molecule has 0 bridgehead atoms. The van der Waals surface area contributed by atoms with Gasteiger partial charge in [-0.05, 0) is 37.3 Å². The zero-order chi connectivity index (χ0) is 10.6. The molecule has 98 valence electrons. The molecule has 2 N–H and O–H groups in total. The molecule has 0 saturated carbocycles. The zero-order valence-electron chi connectivity index (χ0n) is 9.72. The lowest BCUT2D eigenvalue weighted by Crippen LogP contribution is -3.17. The number of alkyl halides is 2. The third-order valence-corrected chi connectivity index (χ3v) is 4.88. The minimum atomic E-state index is 0. The van der Waals surface area contributed by atoms with E-state index in [0.29, 0.717) is 12.3 Å². The van der Waals surface area contributed by atoms with E-state index in [0.717, 1.165) is 0 Å². The van der Waals surface area contributed by atoms with Gasteiger partial charge in [0, 0.05) is 0 Å². The van der Waals surface area contributed by atoms with Crippen LogP contribution in [0.5, 0.6) is 0 Å². The molecule has 0 radical (unpaired) electrons. The molecule has 4 nitrogen and oxygen atoms in total. The van der Waals surface area contributed by atoms with Crippen LogP contribution >= 0.6 is 23.2 Å². The normalized spacial score (nSPS) is 48.4. The van der Waals surface area contributed by atoms with Crippen molar-refractivity contribution in [3.8, 4) is 0 Å². The third-order valence-electron chi connectivity index (χ3n) is 3.58. The van der Waals surface area contributed by atoms with Crippen molar-refractivity contribution in [1.29, 1.82) is 0 Å². The molecule has 2 rings (SSSR count). The fourth-order valence-electron chi connectivity index (χ4n) is 2.79. The van der Waals surface area contributed by atoms with Gasteiger partial charge in [0.2, 0.25) is 23.6 Å². The predicted octanol–water partition coefficient (Wildman–Crippen LogP) is -8.39. The summed E-state index contributed by atoms with van der Waals surface area (Å²) < 4.78 is 0. The number of fused-ring (bicyclic) bond motifs is 1. The molecule has 16 heavy (non-hydrogen) atoms. The maximum absolute atomic E-state index is 6.30. The highest BCUT2D eigenvalue weighted by molar-refractivity contribution is 6.19. The van der Waals surface area contributed by atoms with E-state index >= 15 is 0 Å². The van der Waals surface area contributed by atoms with E-state index in [4.69, 9.17) is 23.2 Å².